The van der Waals surface area contributed by atoms with Crippen LogP contribution < -0.4 is 14.4 Å². The summed E-state index contributed by atoms with van der Waals surface area (Å²) in [6, 6.07) is 11.2. The van der Waals surface area contributed by atoms with Gasteiger partial charge >= 0.3 is 0 Å². The average Bonchev–Trinajstić information content (AvgIpc) is 3.26. The van der Waals surface area contributed by atoms with Crippen LogP contribution in [0, 0.1) is 6.92 Å². The summed E-state index contributed by atoms with van der Waals surface area (Å²) in [6.45, 7) is 6.48. The quantitative estimate of drug-likeness (QED) is 0.562. The Morgan fingerprint density at radius 2 is 2.00 bits per heavy atom. The molecule has 0 aliphatic carbocycles. The average molecular weight is 474 g/mol. The van der Waals surface area contributed by atoms with Crippen molar-refractivity contribution in [1.82, 2.24) is 9.88 Å². The Hall–Kier alpha value is -2.39. The molecule has 168 valence electrons. The summed E-state index contributed by atoms with van der Waals surface area (Å²) in [5, 5.41) is 1.31. The third kappa shape index (κ3) is 4.28. The van der Waals surface area contributed by atoms with Gasteiger partial charge in [-0.15, -0.1) is 0 Å². The van der Waals surface area contributed by atoms with Gasteiger partial charge < -0.3 is 14.2 Å². The van der Waals surface area contributed by atoms with Crippen molar-refractivity contribution < 1.29 is 19.0 Å². The number of aryl methyl sites for hydroxylation is 1. The molecular formula is C23H24ClN3O4S. The molecule has 2 aromatic carbocycles. The van der Waals surface area contributed by atoms with Crippen molar-refractivity contribution in [3.63, 3.8) is 0 Å². The van der Waals surface area contributed by atoms with Crippen molar-refractivity contribution in [2.24, 2.45) is 0 Å². The number of nitrogens with zero attached hydrogens (tertiary/aromatic N) is 3. The number of morpholine rings is 1. The number of rotatable bonds is 5. The van der Waals surface area contributed by atoms with Crippen molar-refractivity contribution in [3.8, 4) is 11.5 Å². The molecule has 1 saturated heterocycles. The predicted molar refractivity (Wildman–Crippen MR) is 125 cm³/mol. The van der Waals surface area contributed by atoms with Gasteiger partial charge in [-0.2, -0.15) is 0 Å². The lowest BCUT2D eigenvalue weighted by atomic mass is 10.2. The molecule has 7 nitrogen and oxygen atoms in total. The van der Waals surface area contributed by atoms with E-state index in [2.05, 4.69) is 4.90 Å². The summed E-state index contributed by atoms with van der Waals surface area (Å²) < 4.78 is 18.3. The highest BCUT2D eigenvalue weighted by molar-refractivity contribution is 7.22. The first kappa shape index (κ1) is 21.5. The molecule has 0 bridgehead atoms. The largest absolute Gasteiger partial charge is 0.485 e. The zero-order valence-electron chi connectivity index (χ0n) is 17.8. The Morgan fingerprint density at radius 3 is 2.81 bits per heavy atom. The molecule has 0 spiro atoms. The van der Waals surface area contributed by atoms with Gasteiger partial charge in [0.05, 0.1) is 23.4 Å². The van der Waals surface area contributed by atoms with Crippen LogP contribution in [0.2, 0.25) is 5.02 Å². The number of benzene rings is 2. The van der Waals surface area contributed by atoms with Crippen molar-refractivity contribution in [2.45, 2.75) is 13.0 Å². The zero-order chi connectivity index (χ0) is 22.1. The van der Waals surface area contributed by atoms with Crippen LogP contribution in [0.25, 0.3) is 10.2 Å². The van der Waals surface area contributed by atoms with Crippen LogP contribution in [0.1, 0.15) is 5.56 Å². The van der Waals surface area contributed by atoms with Crippen molar-refractivity contribution in [3.05, 3.63) is 47.0 Å². The molecule has 0 radical (unpaired) electrons. The Bertz CT molecular complexity index is 1130. The molecule has 2 aliphatic rings. The minimum absolute atomic E-state index is 0.157. The Morgan fingerprint density at radius 1 is 1.22 bits per heavy atom. The van der Waals surface area contributed by atoms with Crippen LogP contribution in [0.3, 0.4) is 0 Å². The number of carbonyl (C=O) groups is 1. The molecule has 32 heavy (non-hydrogen) atoms. The molecule has 1 unspecified atom stereocenters. The number of halogens is 1. The zero-order valence-corrected chi connectivity index (χ0v) is 19.3. The second-order valence-corrected chi connectivity index (χ2v) is 9.24. The van der Waals surface area contributed by atoms with Gasteiger partial charge in [0, 0.05) is 31.2 Å². The van der Waals surface area contributed by atoms with Crippen LogP contribution in [-0.4, -0.2) is 67.9 Å². The van der Waals surface area contributed by atoms with Gasteiger partial charge in [-0.25, -0.2) is 4.98 Å². The van der Waals surface area contributed by atoms with E-state index >= 15 is 0 Å². The van der Waals surface area contributed by atoms with Gasteiger partial charge in [0.15, 0.2) is 16.6 Å². The number of para-hydroxylation sites is 2. The van der Waals surface area contributed by atoms with Gasteiger partial charge in [0.25, 0.3) is 5.91 Å². The van der Waals surface area contributed by atoms with Crippen LogP contribution in [0.4, 0.5) is 5.13 Å². The number of carbonyl (C=O) groups excluding carboxylic acids is 1. The van der Waals surface area contributed by atoms with Gasteiger partial charge in [-0.05, 0) is 36.8 Å². The summed E-state index contributed by atoms with van der Waals surface area (Å²) in [7, 11) is 0. The molecule has 1 atom stereocenters. The van der Waals surface area contributed by atoms with E-state index in [0.717, 1.165) is 35.4 Å². The third-order valence-corrected chi connectivity index (χ3v) is 7.21. The standard InChI is InChI=1S/C23H24ClN3O4S/c1-15-16(24)6-7-20-21(15)25-23(32-20)27(9-8-26-10-12-29-13-11-26)22(28)19-14-30-17-4-2-3-5-18(17)31-19/h2-7,19H,8-14H2,1H3. The van der Waals surface area contributed by atoms with E-state index in [4.69, 9.17) is 30.8 Å². The van der Waals surface area contributed by atoms with E-state index in [9.17, 15) is 4.79 Å². The molecule has 1 aromatic heterocycles. The van der Waals surface area contributed by atoms with E-state index in [1.165, 1.54) is 11.3 Å². The second-order valence-electron chi connectivity index (χ2n) is 7.82. The highest BCUT2D eigenvalue weighted by Gasteiger charge is 2.33. The van der Waals surface area contributed by atoms with Crippen LogP contribution >= 0.6 is 22.9 Å². The number of aromatic nitrogens is 1. The normalized spacial score (nSPS) is 18.6. The summed E-state index contributed by atoms with van der Waals surface area (Å²) in [6.07, 6.45) is -0.730. The summed E-state index contributed by atoms with van der Waals surface area (Å²) in [5.41, 5.74) is 1.74. The minimum atomic E-state index is -0.730. The lowest BCUT2D eigenvalue weighted by molar-refractivity contribution is -0.127. The Balaban J connectivity index is 1.43. The summed E-state index contributed by atoms with van der Waals surface area (Å²) in [5.74, 6) is 1.08. The molecule has 0 N–H and O–H groups in total. The van der Waals surface area contributed by atoms with Gasteiger partial charge in [-0.3, -0.25) is 14.6 Å². The van der Waals surface area contributed by atoms with Crippen molar-refractivity contribution >= 4 is 44.2 Å². The van der Waals surface area contributed by atoms with Crippen molar-refractivity contribution in [1.29, 1.82) is 0 Å². The van der Waals surface area contributed by atoms with E-state index in [1.54, 1.807) is 4.90 Å². The predicted octanol–water partition coefficient (Wildman–Crippen LogP) is 3.76. The maximum absolute atomic E-state index is 13.6. The van der Waals surface area contributed by atoms with Gasteiger partial charge in [-0.1, -0.05) is 35.1 Å². The van der Waals surface area contributed by atoms with Crippen LogP contribution in [-0.2, 0) is 9.53 Å². The molecule has 5 rings (SSSR count). The lowest BCUT2D eigenvalue weighted by Crippen LogP contribution is -2.49. The summed E-state index contributed by atoms with van der Waals surface area (Å²) >= 11 is 7.79. The van der Waals surface area contributed by atoms with Crippen molar-refractivity contribution in [2.75, 3.05) is 50.9 Å². The fraction of sp³-hybridized carbons (Fsp3) is 0.391. The number of amides is 1. The number of hydrogen-bond donors (Lipinski definition) is 0. The topological polar surface area (TPSA) is 64.1 Å². The molecule has 1 amide bonds. The van der Waals surface area contributed by atoms with E-state index in [1.807, 2.05) is 43.3 Å². The molecule has 0 saturated carbocycles. The number of hydrogen-bond acceptors (Lipinski definition) is 7. The second kappa shape index (κ2) is 9.23. The van der Waals surface area contributed by atoms with E-state index in [-0.39, 0.29) is 12.5 Å². The summed E-state index contributed by atoms with van der Waals surface area (Å²) in [4.78, 5) is 22.5. The molecule has 3 heterocycles. The lowest BCUT2D eigenvalue weighted by Gasteiger charge is -2.32. The fourth-order valence-electron chi connectivity index (χ4n) is 3.89. The van der Waals surface area contributed by atoms with E-state index in [0.29, 0.717) is 41.4 Å². The molecule has 1 fully saturated rings. The first-order chi connectivity index (χ1) is 15.6. The number of ether oxygens (including phenoxy) is 3. The Kier molecular flexibility index (Phi) is 6.19. The molecule has 3 aromatic rings. The maximum atomic E-state index is 13.6. The van der Waals surface area contributed by atoms with Gasteiger partial charge in [0.1, 0.15) is 6.61 Å². The van der Waals surface area contributed by atoms with E-state index < -0.39 is 6.10 Å². The Labute approximate surface area is 195 Å². The molecular weight excluding hydrogens is 450 g/mol. The molecule has 9 heteroatoms. The molecule has 2 aliphatic heterocycles. The highest BCUT2D eigenvalue weighted by atomic mass is 35.5. The first-order valence-electron chi connectivity index (χ1n) is 10.7. The SMILES string of the molecule is Cc1c(Cl)ccc2sc(N(CCN3CCOCC3)C(=O)C3COc4ccccc4O3)nc12. The number of fused-ring (bicyclic) bond motifs is 2. The number of anilines is 1. The van der Waals surface area contributed by atoms with Crippen LogP contribution in [0.15, 0.2) is 36.4 Å². The van der Waals surface area contributed by atoms with Gasteiger partial charge in [0.2, 0.25) is 6.10 Å². The number of thiazole rings is 1. The third-order valence-electron chi connectivity index (χ3n) is 5.76. The maximum Gasteiger partial charge on any atom is 0.273 e. The highest BCUT2D eigenvalue weighted by Crippen LogP contribution is 2.35. The minimum Gasteiger partial charge on any atom is -0.485 e. The smallest absolute Gasteiger partial charge is 0.273 e. The monoisotopic (exact) mass is 473 g/mol. The van der Waals surface area contributed by atoms with Crippen LogP contribution in [0.5, 0.6) is 11.5 Å². The first-order valence-corrected chi connectivity index (χ1v) is 11.9. The fourth-order valence-corrected chi connectivity index (χ4v) is 5.09.